The Labute approximate surface area is 161 Å². The third-order valence-corrected chi connectivity index (χ3v) is 6.33. The second kappa shape index (κ2) is 7.96. The topological polar surface area (TPSA) is 82.4 Å². The fraction of sp³-hybridized carbons (Fsp3) is 0.500. The molecule has 144 valence electrons. The first-order chi connectivity index (χ1) is 13.1. The molecule has 3 aromatic rings. The van der Waals surface area contributed by atoms with Gasteiger partial charge in [0.1, 0.15) is 16.4 Å². The number of thiophene rings is 1. The number of rotatable bonds is 7. The van der Waals surface area contributed by atoms with Gasteiger partial charge < -0.3 is 14.5 Å². The number of aromatic amines is 1. The van der Waals surface area contributed by atoms with E-state index >= 15 is 0 Å². The number of fused-ring (bicyclic) bond motifs is 3. The summed E-state index contributed by atoms with van der Waals surface area (Å²) in [4.78, 5) is 24.7. The highest BCUT2D eigenvalue weighted by Crippen LogP contribution is 2.33. The molecule has 0 bridgehead atoms. The van der Waals surface area contributed by atoms with Gasteiger partial charge in [-0.2, -0.15) is 0 Å². The van der Waals surface area contributed by atoms with Crippen LogP contribution < -0.4 is 5.56 Å². The van der Waals surface area contributed by atoms with Crippen LogP contribution in [0.15, 0.2) is 27.6 Å². The SMILES string of the molecule is CCC(O)CN(Cc1nc2sc3c(c2c(=O)[nH]1)CCCC3)Cc1ccco1. The number of aliphatic hydroxyl groups is 1. The van der Waals surface area contributed by atoms with E-state index in [1.807, 2.05) is 19.1 Å². The predicted octanol–water partition coefficient (Wildman–Crippen LogP) is 3.23. The molecule has 0 aromatic carbocycles. The third kappa shape index (κ3) is 4.00. The summed E-state index contributed by atoms with van der Waals surface area (Å²) in [6.45, 7) is 3.48. The van der Waals surface area contributed by atoms with Crippen molar-refractivity contribution in [1.29, 1.82) is 0 Å². The maximum absolute atomic E-state index is 12.7. The Kier molecular flexibility index (Phi) is 5.43. The highest BCUT2D eigenvalue weighted by molar-refractivity contribution is 7.18. The number of nitrogens with zero attached hydrogens (tertiary/aromatic N) is 2. The largest absolute Gasteiger partial charge is 0.468 e. The highest BCUT2D eigenvalue weighted by Gasteiger charge is 2.21. The number of hydrogen-bond acceptors (Lipinski definition) is 6. The van der Waals surface area contributed by atoms with Crippen molar-refractivity contribution in [2.75, 3.05) is 6.54 Å². The van der Waals surface area contributed by atoms with Gasteiger partial charge in [0, 0.05) is 11.4 Å². The fourth-order valence-corrected chi connectivity index (χ4v) is 5.01. The first kappa shape index (κ1) is 18.4. The summed E-state index contributed by atoms with van der Waals surface area (Å²) in [7, 11) is 0. The molecule has 3 aromatic heterocycles. The lowest BCUT2D eigenvalue weighted by atomic mass is 9.97. The van der Waals surface area contributed by atoms with Crippen LogP contribution in [0.4, 0.5) is 0 Å². The van der Waals surface area contributed by atoms with Gasteiger partial charge in [0.2, 0.25) is 0 Å². The average Bonchev–Trinajstić information content (AvgIpc) is 3.28. The molecule has 27 heavy (non-hydrogen) atoms. The predicted molar refractivity (Wildman–Crippen MR) is 106 cm³/mol. The summed E-state index contributed by atoms with van der Waals surface area (Å²) in [5.41, 5.74) is 1.17. The normalized spacial score (nSPS) is 15.4. The first-order valence-electron chi connectivity index (χ1n) is 9.60. The molecular weight excluding hydrogens is 362 g/mol. The van der Waals surface area contributed by atoms with E-state index in [-0.39, 0.29) is 5.56 Å². The Hall–Kier alpha value is -1.96. The highest BCUT2D eigenvalue weighted by atomic mass is 32.1. The van der Waals surface area contributed by atoms with Gasteiger partial charge in [-0.25, -0.2) is 4.98 Å². The molecule has 4 rings (SSSR count). The standard InChI is InChI=1S/C20H25N3O3S/c1-2-13(24)10-23(11-14-6-5-9-26-14)12-17-21-19(25)18-15-7-3-4-8-16(15)27-20(18)22-17/h5-6,9,13,24H,2-4,7-8,10-12H2,1H3,(H,21,22,25). The Morgan fingerprint density at radius 3 is 3.00 bits per heavy atom. The zero-order valence-corrected chi connectivity index (χ0v) is 16.3. The maximum Gasteiger partial charge on any atom is 0.259 e. The van der Waals surface area contributed by atoms with Crippen molar-refractivity contribution in [3.8, 4) is 0 Å². The van der Waals surface area contributed by atoms with Crippen LogP contribution in [0.25, 0.3) is 10.2 Å². The molecule has 1 aliphatic rings. The number of hydrogen-bond donors (Lipinski definition) is 2. The van der Waals surface area contributed by atoms with E-state index in [0.717, 1.165) is 35.2 Å². The van der Waals surface area contributed by atoms with Crippen molar-refractivity contribution in [2.24, 2.45) is 0 Å². The quantitative estimate of drug-likeness (QED) is 0.650. The summed E-state index contributed by atoms with van der Waals surface area (Å²) >= 11 is 1.66. The van der Waals surface area contributed by atoms with Gasteiger partial charge in [-0.1, -0.05) is 6.92 Å². The number of aromatic nitrogens is 2. The van der Waals surface area contributed by atoms with Crippen LogP contribution in [0.2, 0.25) is 0 Å². The molecule has 0 spiro atoms. The molecule has 0 radical (unpaired) electrons. The van der Waals surface area contributed by atoms with E-state index in [1.54, 1.807) is 17.6 Å². The van der Waals surface area contributed by atoms with Crippen molar-refractivity contribution in [3.63, 3.8) is 0 Å². The van der Waals surface area contributed by atoms with E-state index < -0.39 is 6.10 Å². The molecule has 0 saturated heterocycles. The van der Waals surface area contributed by atoms with Crippen LogP contribution >= 0.6 is 11.3 Å². The molecule has 0 saturated carbocycles. The summed E-state index contributed by atoms with van der Waals surface area (Å²) in [6, 6.07) is 3.77. The van der Waals surface area contributed by atoms with Crippen LogP contribution in [0, 0.1) is 0 Å². The molecule has 1 unspecified atom stereocenters. The van der Waals surface area contributed by atoms with E-state index in [1.165, 1.54) is 16.9 Å². The molecular formula is C20H25N3O3S. The average molecular weight is 388 g/mol. The van der Waals surface area contributed by atoms with Gasteiger partial charge in [0.15, 0.2) is 0 Å². The van der Waals surface area contributed by atoms with E-state index in [4.69, 9.17) is 9.40 Å². The number of H-pyrrole nitrogens is 1. The van der Waals surface area contributed by atoms with Crippen LogP contribution in [0.1, 0.15) is 48.2 Å². The molecule has 0 aliphatic heterocycles. The van der Waals surface area contributed by atoms with Crippen molar-refractivity contribution < 1.29 is 9.52 Å². The third-order valence-electron chi connectivity index (χ3n) is 5.15. The summed E-state index contributed by atoms with van der Waals surface area (Å²) in [5, 5.41) is 10.9. The lowest BCUT2D eigenvalue weighted by Gasteiger charge is -2.23. The van der Waals surface area contributed by atoms with Crippen LogP contribution in [0.3, 0.4) is 0 Å². The zero-order valence-electron chi connectivity index (χ0n) is 15.5. The van der Waals surface area contributed by atoms with Crippen LogP contribution in [-0.2, 0) is 25.9 Å². The van der Waals surface area contributed by atoms with E-state index in [2.05, 4.69) is 9.88 Å². The van der Waals surface area contributed by atoms with Gasteiger partial charge in [-0.15, -0.1) is 11.3 Å². The maximum atomic E-state index is 12.7. The summed E-state index contributed by atoms with van der Waals surface area (Å²) < 4.78 is 5.45. The first-order valence-corrected chi connectivity index (χ1v) is 10.4. The fourth-order valence-electron chi connectivity index (χ4n) is 3.73. The molecule has 0 amide bonds. The molecule has 6 nitrogen and oxygen atoms in total. The van der Waals surface area contributed by atoms with Crippen molar-refractivity contribution >= 4 is 21.6 Å². The summed E-state index contributed by atoms with van der Waals surface area (Å²) in [5.74, 6) is 1.47. The van der Waals surface area contributed by atoms with E-state index in [0.29, 0.717) is 31.9 Å². The second-order valence-corrected chi connectivity index (χ2v) is 8.30. The number of aryl methyl sites for hydroxylation is 2. The molecule has 0 fully saturated rings. The number of furan rings is 1. The minimum atomic E-state index is -0.426. The number of nitrogens with one attached hydrogen (secondary N) is 1. The molecule has 7 heteroatoms. The Morgan fingerprint density at radius 2 is 2.22 bits per heavy atom. The Bertz CT molecular complexity index is 961. The van der Waals surface area contributed by atoms with Gasteiger partial charge in [-0.3, -0.25) is 9.69 Å². The van der Waals surface area contributed by atoms with Gasteiger partial charge in [-0.05, 0) is 49.8 Å². The lowest BCUT2D eigenvalue weighted by molar-refractivity contribution is 0.0959. The molecule has 3 heterocycles. The monoisotopic (exact) mass is 387 g/mol. The minimum Gasteiger partial charge on any atom is -0.468 e. The lowest BCUT2D eigenvalue weighted by Crippen LogP contribution is -2.32. The minimum absolute atomic E-state index is 0.0385. The van der Waals surface area contributed by atoms with Crippen LogP contribution in [-0.4, -0.2) is 32.6 Å². The Balaban J connectivity index is 1.62. The second-order valence-electron chi connectivity index (χ2n) is 7.21. The number of aliphatic hydroxyl groups excluding tert-OH is 1. The summed E-state index contributed by atoms with van der Waals surface area (Å²) in [6.07, 6.45) is 6.26. The molecule has 1 aliphatic carbocycles. The van der Waals surface area contributed by atoms with Gasteiger partial charge in [0.25, 0.3) is 5.56 Å². The van der Waals surface area contributed by atoms with Crippen molar-refractivity contribution in [1.82, 2.24) is 14.9 Å². The zero-order chi connectivity index (χ0) is 18.8. The van der Waals surface area contributed by atoms with Crippen LogP contribution in [0.5, 0.6) is 0 Å². The smallest absolute Gasteiger partial charge is 0.259 e. The molecule has 1 atom stereocenters. The Morgan fingerprint density at radius 1 is 1.37 bits per heavy atom. The van der Waals surface area contributed by atoms with Gasteiger partial charge >= 0.3 is 0 Å². The van der Waals surface area contributed by atoms with Crippen molar-refractivity contribution in [2.45, 2.75) is 58.2 Å². The van der Waals surface area contributed by atoms with Crippen molar-refractivity contribution in [3.05, 3.63) is 50.8 Å². The van der Waals surface area contributed by atoms with Gasteiger partial charge in [0.05, 0.1) is 30.8 Å². The molecule has 2 N–H and O–H groups in total. The van der Waals surface area contributed by atoms with E-state index in [9.17, 15) is 9.90 Å².